The Labute approximate surface area is 118 Å². The van der Waals surface area contributed by atoms with Gasteiger partial charge in [0.05, 0.1) is 12.1 Å². The molecule has 0 bridgehead atoms. The van der Waals surface area contributed by atoms with Gasteiger partial charge in [-0.1, -0.05) is 0 Å². The number of carbonyl (C=O) groups excluding carboxylic acids is 1. The van der Waals surface area contributed by atoms with E-state index in [-0.39, 0.29) is 18.0 Å². The highest BCUT2D eigenvalue weighted by Gasteiger charge is 2.37. The molecule has 0 saturated carbocycles. The Hall–Kier alpha value is -1.93. The summed E-state index contributed by atoms with van der Waals surface area (Å²) in [6, 6.07) is 5.86. The molecule has 0 unspecified atom stereocenters. The summed E-state index contributed by atoms with van der Waals surface area (Å²) in [6.45, 7) is 1.53. The lowest BCUT2D eigenvalue weighted by molar-refractivity contribution is -0.133. The van der Waals surface area contributed by atoms with E-state index in [0.717, 1.165) is 32.4 Å². The zero-order valence-corrected chi connectivity index (χ0v) is 11.3. The second kappa shape index (κ2) is 5.59. The van der Waals surface area contributed by atoms with E-state index in [1.165, 1.54) is 5.56 Å². The largest absolute Gasteiger partial charge is 0.325 e. The number of hydrogen-bond acceptors (Lipinski definition) is 4. The van der Waals surface area contributed by atoms with Gasteiger partial charge in [0, 0.05) is 25.5 Å². The van der Waals surface area contributed by atoms with E-state index < -0.39 is 0 Å². The number of carbonyl (C=O) groups is 1. The summed E-state index contributed by atoms with van der Waals surface area (Å²) in [6.07, 6.45) is 6.12. The second-order valence-corrected chi connectivity index (χ2v) is 5.49. The van der Waals surface area contributed by atoms with Crippen molar-refractivity contribution in [2.24, 2.45) is 0 Å². The maximum absolute atomic E-state index is 12.5. The number of likely N-dealkylation sites (tertiary alicyclic amines) is 1. The third-order valence-electron chi connectivity index (χ3n) is 4.29. The summed E-state index contributed by atoms with van der Waals surface area (Å²) >= 11 is 0. The van der Waals surface area contributed by atoms with Crippen LogP contribution in [0.3, 0.4) is 0 Å². The Kier molecular flexibility index (Phi) is 3.66. The number of rotatable bonds is 2. The van der Waals surface area contributed by atoms with E-state index >= 15 is 0 Å². The summed E-state index contributed by atoms with van der Waals surface area (Å²) in [7, 11) is 0. The summed E-state index contributed by atoms with van der Waals surface area (Å²) in [5.74, 6) is 0.445. The third kappa shape index (κ3) is 2.39. The van der Waals surface area contributed by atoms with Gasteiger partial charge >= 0.3 is 0 Å². The molecule has 1 aromatic rings. The van der Waals surface area contributed by atoms with Crippen LogP contribution in [0.4, 0.5) is 0 Å². The van der Waals surface area contributed by atoms with Crippen LogP contribution in [0.5, 0.6) is 0 Å². The van der Waals surface area contributed by atoms with Crippen LogP contribution in [0.1, 0.15) is 30.7 Å². The molecule has 1 N–H and O–H groups in total. The molecule has 104 valence electrons. The Morgan fingerprint density at radius 2 is 2.25 bits per heavy atom. The van der Waals surface area contributed by atoms with E-state index in [1.807, 2.05) is 12.1 Å². The van der Waals surface area contributed by atoms with Crippen molar-refractivity contribution in [2.75, 3.05) is 13.1 Å². The minimum Gasteiger partial charge on any atom is -0.325 e. The van der Waals surface area contributed by atoms with Gasteiger partial charge in [-0.2, -0.15) is 5.26 Å². The van der Waals surface area contributed by atoms with Gasteiger partial charge in [0.1, 0.15) is 6.04 Å². The van der Waals surface area contributed by atoms with E-state index in [0.29, 0.717) is 5.92 Å². The van der Waals surface area contributed by atoms with Crippen molar-refractivity contribution in [1.82, 2.24) is 15.2 Å². The molecule has 3 heterocycles. The molecular weight excluding hydrogens is 252 g/mol. The molecular formula is C15H18N4O. The molecule has 5 heteroatoms. The number of nitrogens with zero attached hydrogens (tertiary/aromatic N) is 3. The van der Waals surface area contributed by atoms with Crippen molar-refractivity contribution in [3.63, 3.8) is 0 Å². The predicted octanol–water partition coefficient (Wildman–Crippen LogP) is 1.04. The summed E-state index contributed by atoms with van der Waals surface area (Å²) in [5, 5.41) is 12.4. The fourth-order valence-electron chi connectivity index (χ4n) is 3.18. The van der Waals surface area contributed by atoms with Crippen molar-refractivity contribution >= 4 is 5.91 Å². The maximum atomic E-state index is 12.5. The van der Waals surface area contributed by atoms with Crippen molar-refractivity contribution in [3.05, 3.63) is 30.1 Å². The van der Waals surface area contributed by atoms with E-state index in [2.05, 4.69) is 16.4 Å². The molecule has 20 heavy (non-hydrogen) atoms. The Balaban J connectivity index is 1.65. The van der Waals surface area contributed by atoms with Crippen LogP contribution in [0.2, 0.25) is 0 Å². The van der Waals surface area contributed by atoms with Gasteiger partial charge < -0.3 is 10.2 Å². The van der Waals surface area contributed by atoms with Gasteiger partial charge in [-0.15, -0.1) is 0 Å². The zero-order valence-electron chi connectivity index (χ0n) is 11.3. The van der Waals surface area contributed by atoms with Gasteiger partial charge in [0.15, 0.2) is 0 Å². The van der Waals surface area contributed by atoms with Crippen molar-refractivity contribution in [1.29, 1.82) is 5.26 Å². The highest BCUT2D eigenvalue weighted by Crippen LogP contribution is 2.27. The molecule has 1 aromatic heterocycles. The standard InChI is InChI=1S/C15H18N4O/c16-9-13-2-1-7-19(13)15(20)14-8-12(10-18-14)11-3-5-17-6-4-11/h3-6,12-14,18H,1-2,7-8,10H2/t12-,13-,14-/m0/s1. The fraction of sp³-hybridized carbons (Fsp3) is 0.533. The number of nitriles is 1. The molecule has 0 aromatic carbocycles. The molecule has 1 amide bonds. The van der Waals surface area contributed by atoms with Crippen LogP contribution in [-0.4, -0.2) is 41.0 Å². The second-order valence-electron chi connectivity index (χ2n) is 5.49. The zero-order chi connectivity index (χ0) is 13.9. The quantitative estimate of drug-likeness (QED) is 0.872. The maximum Gasteiger partial charge on any atom is 0.240 e. The van der Waals surface area contributed by atoms with Gasteiger partial charge in [0.2, 0.25) is 5.91 Å². The SMILES string of the molecule is N#C[C@@H]1CCCN1C(=O)[C@@H]1C[C@H](c2ccncc2)CN1. The average molecular weight is 270 g/mol. The third-order valence-corrected chi connectivity index (χ3v) is 4.29. The molecule has 2 aliphatic rings. The first-order valence-corrected chi connectivity index (χ1v) is 7.13. The lowest BCUT2D eigenvalue weighted by atomic mass is 9.97. The molecule has 2 saturated heterocycles. The minimum absolute atomic E-state index is 0.0885. The van der Waals surface area contributed by atoms with Gasteiger partial charge in [-0.3, -0.25) is 9.78 Å². The first kappa shape index (κ1) is 13.1. The lowest BCUT2D eigenvalue weighted by Crippen LogP contribution is -2.45. The smallest absolute Gasteiger partial charge is 0.240 e. The van der Waals surface area contributed by atoms with Crippen LogP contribution in [0, 0.1) is 11.3 Å². The number of pyridine rings is 1. The number of aromatic nitrogens is 1. The molecule has 0 spiro atoms. The van der Waals surface area contributed by atoms with Crippen molar-refractivity contribution < 1.29 is 4.79 Å². The summed E-state index contributed by atoms with van der Waals surface area (Å²) < 4.78 is 0. The highest BCUT2D eigenvalue weighted by molar-refractivity contribution is 5.83. The van der Waals surface area contributed by atoms with Crippen LogP contribution in [0.25, 0.3) is 0 Å². The fourth-order valence-corrected chi connectivity index (χ4v) is 3.18. The minimum atomic E-state index is -0.232. The molecule has 2 aliphatic heterocycles. The summed E-state index contributed by atoms with van der Waals surface area (Å²) in [4.78, 5) is 18.3. The van der Waals surface area contributed by atoms with E-state index in [1.54, 1.807) is 17.3 Å². The average Bonchev–Trinajstić information content (AvgIpc) is 3.16. The van der Waals surface area contributed by atoms with E-state index in [4.69, 9.17) is 5.26 Å². The number of hydrogen-bond donors (Lipinski definition) is 1. The summed E-state index contributed by atoms with van der Waals surface area (Å²) in [5.41, 5.74) is 1.22. The van der Waals surface area contributed by atoms with Crippen molar-refractivity contribution in [2.45, 2.75) is 37.3 Å². The van der Waals surface area contributed by atoms with Crippen LogP contribution < -0.4 is 5.32 Å². The number of nitrogens with one attached hydrogen (secondary N) is 1. The van der Waals surface area contributed by atoms with Crippen LogP contribution >= 0.6 is 0 Å². The van der Waals surface area contributed by atoms with Crippen molar-refractivity contribution in [3.8, 4) is 6.07 Å². The lowest BCUT2D eigenvalue weighted by Gasteiger charge is -2.23. The Bertz CT molecular complexity index is 524. The molecule has 3 rings (SSSR count). The van der Waals surface area contributed by atoms with E-state index in [9.17, 15) is 4.79 Å². The Morgan fingerprint density at radius 1 is 1.45 bits per heavy atom. The predicted molar refractivity (Wildman–Crippen MR) is 73.7 cm³/mol. The van der Waals surface area contributed by atoms with Crippen LogP contribution in [-0.2, 0) is 4.79 Å². The first-order valence-electron chi connectivity index (χ1n) is 7.13. The molecule has 0 radical (unpaired) electrons. The topological polar surface area (TPSA) is 69.0 Å². The highest BCUT2D eigenvalue weighted by atomic mass is 16.2. The molecule has 2 fully saturated rings. The molecule has 3 atom stereocenters. The molecule has 0 aliphatic carbocycles. The monoisotopic (exact) mass is 270 g/mol. The first-order chi connectivity index (χ1) is 9.79. The normalized spacial score (nSPS) is 29.4. The van der Waals surface area contributed by atoms with Crippen LogP contribution in [0.15, 0.2) is 24.5 Å². The van der Waals surface area contributed by atoms with Gasteiger partial charge in [-0.05, 0) is 42.9 Å². The van der Waals surface area contributed by atoms with Gasteiger partial charge in [0.25, 0.3) is 0 Å². The number of amides is 1. The molecule has 5 nitrogen and oxygen atoms in total. The van der Waals surface area contributed by atoms with Gasteiger partial charge in [-0.25, -0.2) is 0 Å². The Morgan fingerprint density at radius 3 is 3.00 bits per heavy atom.